The maximum Gasteiger partial charge on any atom is 0.338 e. The molecule has 0 amide bonds. The molecule has 1 aliphatic rings. The van der Waals surface area contributed by atoms with Gasteiger partial charge in [-0.05, 0) is 47.7 Å². The molecular formula is C32H30N2O4S. The molecule has 2 heterocycles. The molecular weight excluding hydrogens is 508 g/mol. The molecule has 1 aromatic heterocycles. The lowest BCUT2D eigenvalue weighted by atomic mass is 9.91. The molecule has 5 rings (SSSR count). The summed E-state index contributed by atoms with van der Waals surface area (Å²) in [7, 11) is 1.62. The molecule has 3 aromatic carbocycles. The highest BCUT2D eigenvalue weighted by atomic mass is 32.1. The molecule has 0 radical (unpaired) electrons. The molecule has 0 unspecified atom stereocenters. The van der Waals surface area contributed by atoms with Crippen LogP contribution in [0.1, 0.15) is 55.0 Å². The molecule has 0 saturated carbocycles. The number of carbonyl (C=O) groups excluding carboxylic acids is 1. The fraction of sp³-hybridized carbons (Fsp3) is 0.219. The van der Waals surface area contributed by atoms with Crippen molar-refractivity contribution in [3.63, 3.8) is 0 Å². The third-order valence-electron chi connectivity index (χ3n) is 6.71. The largest absolute Gasteiger partial charge is 0.497 e. The Bertz CT molecular complexity index is 1700. The van der Waals surface area contributed by atoms with Gasteiger partial charge in [0.2, 0.25) is 0 Å². The van der Waals surface area contributed by atoms with Gasteiger partial charge in [0.1, 0.15) is 5.75 Å². The van der Waals surface area contributed by atoms with Crippen LogP contribution in [0.25, 0.3) is 11.8 Å². The van der Waals surface area contributed by atoms with E-state index in [0.29, 0.717) is 26.5 Å². The SMILES string of the molecule is CCOC(=O)C1=C(c2ccccc2)N=c2s/c(=C\c3ccc(OC)cc3)c(=O)n2[C@H]1c1ccc(C(C)C)cc1. The number of ether oxygens (including phenoxy) is 2. The van der Waals surface area contributed by atoms with Crippen LogP contribution in [0, 0.1) is 0 Å². The zero-order valence-electron chi connectivity index (χ0n) is 22.4. The van der Waals surface area contributed by atoms with Gasteiger partial charge in [0.15, 0.2) is 4.80 Å². The molecule has 0 spiro atoms. The molecule has 7 heteroatoms. The van der Waals surface area contributed by atoms with Crippen molar-refractivity contribution in [3.8, 4) is 5.75 Å². The second-order valence-electron chi connectivity index (χ2n) is 9.53. The number of hydrogen-bond donors (Lipinski definition) is 0. The van der Waals surface area contributed by atoms with E-state index < -0.39 is 12.0 Å². The van der Waals surface area contributed by atoms with Crippen LogP contribution in [0.3, 0.4) is 0 Å². The summed E-state index contributed by atoms with van der Waals surface area (Å²) in [5, 5.41) is 0. The van der Waals surface area contributed by atoms with Gasteiger partial charge >= 0.3 is 5.97 Å². The van der Waals surface area contributed by atoms with Crippen LogP contribution < -0.4 is 19.6 Å². The summed E-state index contributed by atoms with van der Waals surface area (Å²) >= 11 is 1.31. The van der Waals surface area contributed by atoms with E-state index in [2.05, 4.69) is 26.0 Å². The summed E-state index contributed by atoms with van der Waals surface area (Å²) in [4.78, 5) is 32.9. The van der Waals surface area contributed by atoms with Crippen LogP contribution in [0.2, 0.25) is 0 Å². The molecule has 0 aliphatic carbocycles. The number of fused-ring (bicyclic) bond motifs is 1. The van der Waals surface area contributed by atoms with E-state index in [1.165, 1.54) is 16.9 Å². The number of rotatable bonds is 7. The van der Waals surface area contributed by atoms with Crippen molar-refractivity contribution >= 4 is 29.1 Å². The second kappa shape index (κ2) is 11.3. The standard InChI is InChI=1S/C32H30N2O4S/c1-5-38-31(36)27-28(23-9-7-6-8-10-23)33-32-34(29(27)24-15-13-22(14-16-24)20(2)3)30(35)26(39-32)19-21-11-17-25(37-4)18-12-21/h6-20,29H,5H2,1-4H3/b26-19-/t29-/m0/s1. The maximum atomic E-state index is 14.0. The summed E-state index contributed by atoms with van der Waals surface area (Å²) < 4.78 is 13.0. The molecule has 0 fully saturated rings. The van der Waals surface area contributed by atoms with Crippen LogP contribution in [-0.4, -0.2) is 24.3 Å². The third-order valence-corrected chi connectivity index (χ3v) is 7.69. The van der Waals surface area contributed by atoms with Gasteiger partial charge in [0, 0.05) is 5.56 Å². The zero-order valence-corrected chi connectivity index (χ0v) is 23.2. The Hall–Kier alpha value is -4.23. The monoisotopic (exact) mass is 538 g/mol. The van der Waals surface area contributed by atoms with E-state index in [1.807, 2.05) is 72.8 Å². The number of esters is 1. The van der Waals surface area contributed by atoms with E-state index in [4.69, 9.17) is 14.5 Å². The van der Waals surface area contributed by atoms with Gasteiger partial charge in [-0.2, -0.15) is 0 Å². The fourth-order valence-electron chi connectivity index (χ4n) is 4.67. The van der Waals surface area contributed by atoms with Crippen molar-refractivity contribution in [3.05, 3.63) is 126 Å². The van der Waals surface area contributed by atoms with Gasteiger partial charge < -0.3 is 9.47 Å². The van der Waals surface area contributed by atoms with Gasteiger partial charge in [-0.3, -0.25) is 9.36 Å². The summed E-state index contributed by atoms with van der Waals surface area (Å²) in [6.07, 6.45) is 1.85. The van der Waals surface area contributed by atoms with Crippen LogP contribution in [0.5, 0.6) is 5.75 Å². The van der Waals surface area contributed by atoms with E-state index in [1.54, 1.807) is 18.6 Å². The highest BCUT2D eigenvalue weighted by Gasteiger charge is 2.35. The minimum absolute atomic E-state index is 0.207. The average Bonchev–Trinajstić information content (AvgIpc) is 3.27. The summed E-state index contributed by atoms with van der Waals surface area (Å²) in [5.74, 6) is 0.609. The number of thiazole rings is 1. The number of carbonyl (C=O) groups is 1. The smallest absolute Gasteiger partial charge is 0.338 e. The minimum atomic E-state index is -0.685. The second-order valence-corrected chi connectivity index (χ2v) is 10.5. The van der Waals surface area contributed by atoms with Crippen molar-refractivity contribution < 1.29 is 14.3 Å². The van der Waals surface area contributed by atoms with E-state index in [0.717, 1.165) is 22.4 Å². The molecule has 1 atom stereocenters. The van der Waals surface area contributed by atoms with E-state index in [9.17, 15) is 9.59 Å². The molecule has 0 saturated heterocycles. The first-order chi connectivity index (χ1) is 18.9. The molecule has 1 aliphatic heterocycles. The minimum Gasteiger partial charge on any atom is -0.497 e. The van der Waals surface area contributed by atoms with Crippen molar-refractivity contribution in [2.24, 2.45) is 4.99 Å². The first kappa shape index (κ1) is 26.4. The van der Waals surface area contributed by atoms with Crippen LogP contribution in [-0.2, 0) is 9.53 Å². The Kier molecular flexibility index (Phi) is 7.61. The Balaban J connectivity index is 1.78. The molecule has 0 N–H and O–H groups in total. The molecule has 0 bridgehead atoms. The lowest BCUT2D eigenvalue weighted by Gasteiger charge is -2.26. The molecule has 39 heavy (non-hydrogen) atoms. The lowest BCUT2D eigenvalue weighted by Crippen LogP contribution is -2.40. The third kappa shape index (κ3) is 5.22. The Labute approximate surface area is 231 Å². The van der Waals surface area contributed by atoms with Gasteiger partial charge in [-0.25, -0.2) is 9.79 Å². The van der Waals surface area contributed by atoms with Gasteiger partial charge in [-0.1, -0.05) is 91.9 Å². The van der Waals surface area contributed by atoms with Crippen molar-refractivity contribution in [2.45, 2.75) is 32.7 Å². The highest BCUT2D eigenvalue weighted by Crippen LogP contribution is 2.35. The highest BCUT2D eigenvalue weighted by molar-refractivity contribution is 7.07. The first-order valence-corrected chi connectivity index (χ1v) is 13.7. The Morgan fingerprint density at radius 2 is 1.72 bits per heavy atom. The van der Waals surface area contributed by atoms with Crippen LogP contribution in [0.15, 0.2) is 94.2 Å². The summed E-state index contributed by atoms with van der Waals surface area (Å²) in [5.41, 5.74) is 4.32. The Morgan fingerprint density at radius 1 is 1.03 bits per heavy atom. The summed E-state index contributed by atoms with van der Waals surface area (Å²) in [6, 6.07) is 24.5. The van der Waals surface area contributed by atoms with Gasteiger partial charge in [-0.15, -0.1) is 0 Å². The molecule has 6 nitrogen and oxygen atoms in total. The van der Waals surface area contributed by atoms with Crippen LogP contribution >= 0.6 is 11.3 Å². The molecule has 198 valence electrons. The van der Waals surface area contributed by atoms with E-state index >= 15 is 0 Å². The number of nitrogens with zero attached hydrogens (tertiary/aromatic N) is 2. The maximum absolute atomic E-state index is 14.0. The zero-order chi connectivity index (χ0) is 27.5. The van der Waals surface area contributed by atoms with E-state index in [-0.39, 0.29) is 12.2 Å². The quantitative estimate of drug-likeness (QED) is 0.308. The topological polar surface area (TPSA) is 69.9 Å². The number of methoxy groups -OCH3 is 1. The normalized spacial score (nSPS) is 15.2. The fourth-order valence-corrected chi connectivity index (χ4v) is 5.67. The number of benzene rings is 3. The van der Waals surface area contributed by atoms with Crippen molar-refractivity contribution in [2.75, 3.05) is 13.7 Å². The molecule has 4 aromatic rings. The van der Waals surface area contributed by atoms with Gasteiger partial charge in [0.05, 0.1) is 35.6 Å². The summed E-state index contributed by atoms with van der Waals surface area (Å²) in [6.45, 7) is 6.26. The Morgan fingerprint density at radius 3 is 2.33 bits per heavy atom. The number of aromatic nitrogens is 1. The number of hydrogen-bond acceptors (Lipinski definition) is 6. The average molecular weight is 539 g/mol. The van der Waals surface area contributed by atoms with Crippen LogP contribution in [0.4, 0.5) is 0 Å². The predicted molar refractivity (Wildman–Crippen MR) is 155 cm³/mol. The predicted octanol–water partition coefficient (Wildman–Crippen LogP) is 5.07. The van der Waals surface area contributed by atoms with Crippen molar-refractivity contribution in [1.82, 2.24) is 4.57 Å². The first-order valence-electron chi connectivity index (χ1n) is 12.9. The lowest BCUT2D eigenvalue weighted by molar-refractivity contribution is -0.138. The van der Waals surface area contributed by atoms with Gasteiger partial charge in [0.25, 0.3) is 5.56 Å². The van der Waals surface area contributed by atoms with Crippen molar-refractivity contribution in [1.29, 1.82) is 0 Å².